The monoisotopic (exact) mass is 461 g/mol. The van der Waals surface area contributed by atoms with Crippen LogP contribution in [0, 0.1) is 6.92 Å². The van der Waals surface area contributed by atoms with E-state index in [0.717, 1.165) is 48.1 Å². The predicted molar refractivity (Wildman–Crippen MR) is 119 cm³/mol. The average Bonchev–Trinajstić information content (AvgIpc) is 3.12. The van der Waals surface area contributed by atoms with Gasteiger partial charge in [-0.05, 0) is 37.0 Å². The van der Waals surface area contributed by atoms with E-state index < -0.39 is 18.5 Å². The third-order valence-electron chi connectivity index (χ3n) is 5.59. The van der Waals surface area contributed by atoms with Crippen LogP contribution in [0.2, 0.25) is 0 Å². The molecular formula is C23H27NO7S. The Labute approximate surface area is 190 Å². The molecule has 9 heteroatoms. The van der Waals surface area contributed by atoms with E-state index in [1.165, 1.54) is 13.5 Å². The molecule has 0 atom stereocenters. The Morgan fingerprint density at radius 2 is 1.88 bits per heavy atom. The van der Waals surface area contributed by atoms with Gasteiger partial charge in [0.15, 0.2) is 11.5 Å². The smallest absolute Gasteiger partial charge is 0.410 e. The number of rotatable bonds is 8. The Kier molecular flexibility index (Phi) is 7.74. The standard InChI is InChI=1S/C23H27NO7S/c1-14-19(31-13-18(25)26)21(22(27)28)32-20(14)16-8-6-7-15(11-16)12-24(23(29)30-2)17-9-4-3-5-10-17/h6-8,11,17H,3-5,9-10,12-13H2,1-2H3,(H,25,26)(H,27,28). The van der Waals surface area contributed by atoms with Gasteiger partial charge < -0.3 is 24.6 Å². The normalized spacial score (nSPS) is 14.1. The molecule has 0 bridgehead atoms. The minimum Gasteiger partial charge on any atom is -0.480 e. The fraction of sp³-hybridized carbons (Fsp3) is 0.435. The van der Waals surface area contributed by atoms with E-state index in [1.807, 2.05) is 24.3 Å². The van der Waals surface area contributed by atoms with Gasteiger partial charge in [-0.2, -0.15) is 0 Å². The average molecular weight is 462 g/mol. The molecule has 0 spiro atoms. The van der Waals surface area contributed by atoms with Crippen molar-refractivity contribution in [1.29, 1.82) is 0 Å². The summed E-state index contributed by atoms with van der Waals surface area (Å²) in [5, 5.41) is 18.4. The molecule has 3 rings (SSSR count). The molecule has 0 saturated heterocycles. The van der Waals surface area contributed by atoms with Crippen LogP contribution in [0.4, 0.5) is 4.79 Å². The Morgan fingerprint density at radius 1 is 1.16 bits per heavy atom. The summed E-state index contributed by atoms with van der Waals surface area (Å²) in [6.07, 6.45) is 4.90. The van der Waals surface area contributed by atoms with Crippen LogP contribution >= 0.6 is 11.3 Å². The van der Waals surface area contributed by atoms with Gasteiger partial charge in [-0.25, -0.2) is 14.4 Å². The lowest BCUT2D eigenvalue weighted by Gasteiger charge is -2.33. The second-order valence-corrected chi connectivity index (χ2v) is 8.81. The molecule has 1 aliphatic rings. The first-order valence-corrected chi connectivity index (χ1v) is 11.3. The lowest BCUT2D eigenvalue weighted by Crippen LogP contribution is -2.40. The van der Waals surface area contributed by atoms with E-state index in [0.29, 0.717) is 17.0 Å². The van der Waals surface area contributed by atoms with Gasteiger partial charge in [0.25, 0.3) is 0 Å². The summed E-state index contributed by atoms with van der Waals surface area (Å²) in [7, 11) is 1.38. The molecule has 1 aromatic heterocycles. The summed E-state index contributed by atoms with van der Waals surface area (Å²) in [4.78, 5) is 37.4. The number of carboxylic acid groups (broad SMARTS) is 2. The minimum absolute atomic E-state index is 0.0393. The fourth-order valence-electron chi connectivity index (χ4n) is 4.08. The van der Waals surface area contributed by atoms with Gasteiger partial charge >= 0.3 is 18.0 Å². The molecule has 1 aliphatic carbocycles. The van der Waals surface area contributed by atoms with Crippen LogP contribution in [-0.4, -0.2) is 52.9 Å². The van der Waals surface area contributed by atoms with E-state index in [1.54, 1.807) is 11.8 Å². The number of carboxylic acids is 2. The molecule has 2 N–H and O–H groups in total. The second kappa shape index (κ2) is 10.5. The first kappa shape index (κ1) is 23.6. The maximum atomic E-state index is 12.5. The molecule has 1 heterocycles. The Morgan fingerprint density at radius 3 is 2.50 bits per heavy atom. The number of nitrogens with zero attached hydrogens (tertiary/aromatic N) is 1. The third kappa shape index (κ3) is 5.40. The van der Waals surface area contributed by atoms with Gasteiger partial charge in [0.2, 0.25) is 0 Å². The van der Waals surface area contributed by atoms with Gasteiger partial charge in [-0.15, -0.1) is 11.3 Å². The zero-order valence-corrected chi connectivity index (χ0v) is 18.9. The summed E-state index contributed by atoms with van der Waals surface area (Å²) in [6, 6.07) is 7.70. The predicted octanol–water partition coefficient (Wildman–Crippen LogP) is 4.79. The molecule has 2 aromatic rings. The highest BCUT2D eigenvalue weighted by molar-refractivity contribution is 7.18. The number of hydrogen-bond donors (Lipinski definition) is 2. The quantitative estimate of drug-likeness (QED) is 0.581. The largest absolute Gasteiger partial charge is 0.480 e. The van der Waals surface area contributed by atoms with Crippen LogP contribution in [0.15, 0.2) is 24.3 Å². The summed E-state index contributed by atoms with van der Waals surface area (Å²) < 4.78 is 10.3. The van der Waals surface area contributed by atoms with E-state index in [9.17, 15) is 19.5 Å². The van der Waals surface area contributed by atoms with Crippen LogP contribution in [0.5, 0.6) is 5.75 Å². The lowest BCUT2D eigenvalue weighted by atomic mass is 9.94. The van der Waals surface area contributed by atoms with E-state index >= 15 is 0 Å². The van der Waals surface area contributed by atoms with Crippen molar-refractivity contribution in [3.05, 3.63) is 40.3 Å². The van der Waals surface area contributed by atoms with Crippen molar-refractivity contribution in [3.8, 4) is 16.2 Å². The molecule has 0 aliphatic heterocycles. The van der Waals surface area contributed by atoms with E-state index in [4.69, 9.17) is 14.6 Å². The van der Waals surface area contributed by atoms with Gasteiger partial charge in [0, 0.05) is 23.0 Å². The third-order valence-corrected chi connectivity index (χ3v) is 6.90. The summed E-state index contributed by atoms with van der Waals surface area (Å²) >= 11 is 1.04. The fourth-order valence-corrected chi connectivity index (χ4v) is 5.17. The summed E-state index contributed by atoms with van der Waals surface area (Å²) in [5.41, 5.74) is 2.25. The Hall–Kier alpha value is -3.07. The molecule has 1 fully saturated rings. The van der Waals surface area contributed by atoms with Gasteiger partial charge in [-0.3, -0.25) is 0 Å². The molecule has 1 saturated carbocycles. The zero-order chi connectivity index (χ0) is 23.3. The topological polar surface area (TPSA) is 113 Å². The van der Waals surface area contributed by atoms with Crippen molar-refractivity contribution >= 4 is 29.4 Å². The number of amides is 1. The lowest BCUT2D eigenvalue weighted by molar-refractivity contribution is -0.139. The summed E-state index contributed by atoms with van der Waals surface area (Å²) in [5.74, 6) is -2.28. The first-order valence-electron chi connectivity index (χ1n) is 10.5. The molecule has 0 radical (unpaired) electrons. The number of aliphatic carboxylic acids is 1. The Bertz CT molecular complexity index is 994. The van der Waals surface area contributed by atoms with Crippen LogP contribution in [0.25, 0.3) is 10.4 Å². The molecule has 172 valence electrons. The number of methoxy groups -OCH3 is 1. The summed E-state index contributed by atoms with van der Waals surface area (Å²) in [6.45, 7) is 1.49. The molecule has 8 nitrogen and oxygen atoms in total. The van der Waals surface area contributed by atoms with E-state index in [-0.39, 0.29) is 22.8 Å². The minimum atomic E-state index is -1.18. The molecule has 0 unspecified atom stereocenters. The highest BCUT2D eigenvalue weighted by Crippen LogP contribution is 2.41. The molecular weight excluding hydrogens is 434 g/mol. The van der Waals surface area contributed by atoms with Crippen molar-refractivity contribution in [3.63, 3.8) is 0 Å². The number of ether oxygens (including phenoxy) is 2. The maximum Gasteiger partial charge on any atom is 0.410 e. The number of carbonyl (C=O) groups is 3. The van der Waals surface area contributed by atoms with E-state index in [2.05, 4.69) is 0 Å². The van der Waals surface area contributed by atoms with Crippen molar-refractivity contribution < 1.29 is 34.1 Å². The van der Waals surface area contributed by atoms with Crippen molar-refractivity contribution in [2.45, 2.75) is 51.6 Å². The van der Waals surface area contributed by atoms with Crippen LogP contribution in [-0.2, 0) is 16.1 Å². The SMILES string of the molecule is COC(=O)N(Cc1cccc(-c2sc(C(=O)O)c(OCC(=O)O)c2C)c1)C1CCCCC1. The van der Waals surface area contributed by atoms with Crippen molar-refractivity contribution in [2.24, 2.45) is 0 Å². The first-order chi connectivity index (χ1) is 15.3. The Balaban J connectivity index is 1.91. The molecule has 1 amide bonds. The number of carbonyl (C=O) groups excluding carboxylic acids is 1. The van der Waals surface area contributed by atoms with Gasteiger partial charge in [0.05, 0.1) is 7.11 Å². The number of hydrogen-bond acceptors (Lipinski definition) is 6. The van der Waals surface area contributed by atoms with Crippen molar-refractivity contribution in [2.75, 3.05) is 13.7 Å². The highest BCUT2D eigenvalue weighted by atomic mass is 32.1. The van der Waals surface area contributed by atoms with Gasteiger partial charge in [-0.1, -0.05) is 37.5 Å². The second-order valence-electron chi connectivity index (χ2n) is 7.79. The van der Waals surface area contributed by atoms with Crippen LogP contribution in [0.3, 0.4) is 0 Å². The maximum absolute atomic E-state index is 12.5. The highest BCUT2D eigenvalue weighted by Gasteiger charge is 2.27. The number of thiophene rings is 1. The van der Waals surface area contributed by atoms with Crippen LogP contribution in [0.1, 0.15) is 52.9 Å². The molecule has 1 aromatic carbocycles. The number of aromatic carboxylic acids is 1. The number of benzene rings is 1. The molecule has 32 heavy (non-hydrogen) atoms. The van der Waals surface area contributed by atoms with Crippen molar-refractivity contribution in [1.82, 2.24) is 4.90 Å². The zero-order valence-electron chi connectivity index (χ0n) is 18.1. The van der Waals surface area contributed by atoms with Gasteiger partial charge in [0.1, 0.15) is 5.75 Å². The van der Waals surface area contributed by atoms with Crippen LogP contribution < -0.4 is 4.74 Å².